The Bertz CT molecular complexity index is 384. The lowest BCUT2D eigenvalue weighted by atomic mass is 10.0. The average Bonchev–Trinajstić information content (AvgIpc) is 2.28. The first-order valence-electron chi connectivity index (χ1n) is 5.75. The number of primary amides is 1. The highest BCUT2D eigenvalue weighted by Gasteiger charge is 2.27. The monoisotopic (exact) mass is 235 g/mol. The molecule has 1 atom stereocenters. The molecule has 0 aliphatic carbocycles. The molecule has 1 aromatic rings. The number of anilines is 1. The van der Waals surface area contributed by atoms with E-state index in [9.17, 15) is 4.79 Å². The van der Waals surface area contributed by atoms with Gasteiger partial charge in [0.05, 0.1) is 0 Å². The fourth-order valence-corrected chi connectivity index (χ4v) is 1.65. The van der Waals surface area contributed by atoms with E-state index in [1.807, 2.05) is 24.1 Å². The van der Waals surface area contributed by atoms with Gasteiger partial charge in [-0.1, -0.05) is 19.1 Å². The van der Waals surface area contributed by atoms with E-state index in [1.165, 1.54) is 5.56 Å². The summed E-state index contributed by atoms with van der Waals surface area (Å²) in [6, 6.07) is 8.19. The van der Waals surface area contributed by atoms with Gasteiger partial charge in [-0.05, 0) is 31.0 Å². The number of rotatable bonds is 5. The summed E-state index contributed by atoms with van der Waals surface area (Å²) >= 11 is 0. The molecule has 1 rings (SSSR count). The van der Waals surface area contributed by atoms with Crippen LogP contribution < -0.4 is 16.4 Å². The van der Waals surface area contributed by atoms with Crippen LogP contribution in [0.15, 0.2) is 24.3 Å². The molecule has 0 heterocycles. The zero-order valence-electron chi connectivity index (χ0n) is 10.7. The number of carbonyl (C=O) groups excluding carboxylic acids is 1. The van der Waals surface area contributed by atoms with E-state index in [-0.39, 0.29) is 0 Å². The lowest BCUT2D eigenvalue weighted by Crippen LogP contribution is -2.56. The SMILES string of the molecule is CCc1ccc(N(C)CC(C)(N)C(N)=O)cc1. The highest BCUT2D eigenvalue weighted by atomic mass is 16.1. The van der Waals surface area contributed by atoms with E-state index >= 15 is 0 Å². The maximum absolute atomic E-state index is 11.2. The zero-order chi connectivity index (χ0) is 13.1. The van der Waals surface area contributed by atoms with Crippen molar-refractivity contribution >= 4 is 11.6 Å². The molecule has 0 saturated heterocycles. The Morgan fingerprint density at radius 1 is 1.35 bits per heavy atom. The van der Waals surface area contributed by atoms with Crippen molar-refractivity contribution in [3.8, 4) is 0 Å². The topological polar surface area (TPSA) is 72.3 Å². The minimum atomic E-state index is -1.02. The largest absolute Gasteiger partial charge is 0.372 e. The van der Waals surface area contributed by atoms with Crippen LogP contribution in [-0.4, -0.2) is 25.0 Å². The highest BCUT2D eigenvalue weighted by Crippen LogP contribution is 2.16. The van der Waals surface area contributed by atoms with Gasteiger partial charge >= 0.3 is 0 Å². The average molecular weight is 235 g/mol. The molecule has 1 amide bonds. The van der Waals surface area contributed by atoms with Crippen LogP contribution in [0.1, 0.15) is 19.4 Å². The predicted octanol–water partition coefficient (Wildman–Crippen LogP) is 0.888. The first-order valence-corrected chi connectivity index (χ1v) is 5.75. The van der Waals surface area contributed by atoms with E-state index < -0.39 is 11.4 Å². The Hall–Kier alpha value is -1.55. The molecule has 0 radical (unpaired) electrons. The van der Waals surface area contributed by atoms with Crippen molar-refractivity contribution in [1.29, 1.82) is 0 Å². The van der Waals surface area contributed by atoms with E-state index in [4.69, 9.17) is 11.5 Å². The van der Waals surface area contributed by atoms with Crippen molar-refractivity contribution in [3.05, 3.63) is 29.8 Å². The van der Waals surface area contributed by atoms with Gasteiger partial charge < -0.3 is 16.4 Å². The Balaban J connectivity index is 2.76. The molecule has 4 N–H and O–H groups in total. The smallest absolute Gasteiger partial charge is 0.239 e. The van der Waals surface area contributed by atoms with E-state index in [0.29, 0.717) is 6.54 Å². The summed E-state index contributed by atoms with van der Waals surface area (Å²) in [6.07, 6.45) is 1.01. The number of nitrogens with two attached hydrogens (primary N) is 2. The number of carbonyl (C=O) groups is 1. The minimum absolute atomic E-state index is 0.397. The van der Waals surface area contributed by atoms with Gasteiger partial charge in [-0.2, -0.15) is 0 Å². The fraction of sp³-hybridized carbons (Fsp3) is 0.462. The Kier molecular flexibility index (Phi) is 4.12. The maximum Gasteiger partial charge on any atom is 0.239 e. The van der Waals surface area contributed by atoms with Crippen LogP contribution in [0.2, 0.25) is 0 Å². The van der Waals surface area contributed by atoms with Gasteiger partial charge in [0.2, 0.25) is 5.91 Å². The second-order valence-electron chi connectivity index (χ2n) is 4.66. The van der Waals surface area contributed by atoms with Gasteiger partial charge in [0, 0.05) is 19.3 Å². The second-order valence-corrected chi connectivity index (χ2v) is 4.66. The molecule has 0 fully saturated rings. The number of aryl methyl sites for hydroxylation is 1. The van der Waals surface area contributed by atoms with Gasteiger partial charge in [0.25, 0.3) is 0 Å². The molecule has 0 saturated carbocycles. The second kappa shape index (κ2) is 5.19. The van der Waals surface area contributed by atoms with E-state index in [0.717, 1.165) is 12.1 Å². The third-order valence-corrected chi connectivity index (χ3v) is 2.91. The number of likely N-dealkylation sites (N-methyl/N-ethyl adjacent to an activating group) is 1. The molecular formula is C13H21N3O. The van der Waals surface area contributed by atoms with Gasteiger partial charge in [-0.25, -0.2) is 0 Å². The van der Waals surface area contributed by atoms with Crippen molar-refractivity contribution in [2.45, 2.75) is 25.8 Å². The molecule has 4 heteroatoms. The molecule has 0 spiro atoms. The molecule has 0 aliphatic rings. The summed E-state index contributed by atoms with van der Waals surface area (Å²) in [7, 11) is 1.90. The lowest BCUT2D eigenvalue weighted by molar-refractivity contribution is -0.122. The van der Waals surface area contributed by atoms with Crippen LogP contribution >= 0.6 is 0 Å². The van der Waals surface area contributed by atoms with Crippen molar-refractivity contribution in [2.24, 2.45) is 11.5 Å². The van der Waals surface area contributed by atoms with Crippen LogP contribution in [0, 0.1) is 0 Å². The first-order chi connectivity index (χ1) is 7.86. The van der Waals surface area contributed by atoms with Crippen LogP contribution in [0.4, 0.5) is 5.69 Å². The lowest BCUT2D eigenvalue weighted by Gasteiger charge is -2.28. The maximum atomic E-state index is 11.2. The number of nitrogens with zero attached hydrogens (tertiary/aromatic N) is 1. The molecule has 0 bridgehead atoms. The molecular weight excluding hydrogens is 214 g/mol. The van der Waals surface area contributed by atoms with E-state index in [1.54, 1.807) is 6.92 Å². The summed E-state index contributed by atoms with van der Waals surface area (Å²) in [4.78, 5) is 13.1. The minimum Gasteiger partial charge on any atom is -0.372 e. The first kappa shape index (κ1) is 13.5. The summed E-state index contributed by atoms with van der Waals surface area (Å²) in [5, 5.41) is 0. The third kappa shape index (κ3) is 3.46. The summed E-state index contributed by atoms with van der Waals surface area (Å²) in [5.74, 6) is -0.491. The Labute approximate surface area is 103 Å². The van der Waals surface area contributed by atoms with Gasteiger partial charge in [-0.15, -0.1) is 0 Å². The number of hydrogen-bond donors (Lipinski definition) is 2. The van der Waals surface area contributed by atoms with Crippen LogP contribution in [0.5, 0.6) is 0 Å². The Morgan fingerprint density at radius 2 is 1.88 bits per heavy atom. The molecule has 94 valence electrons. The van der Waals surface area contributed by atoms with Crippen molar-refractivity contribution in [2.75, 3.05) is 18.5 Å². The Morgan fingerprint density at radius 3 is 2.29 bits per heavy atom. The molecule has 0 aromatic heterocycles. The van der Waals surface area contributed by atoms with Gasteiger partial charge in [0.1, 0.15) is 5.54 Å². The predicted molar refractivity (Wildman–Crippen MR) is 70.9 cm³/mol. The summed E-state index contributed by atoms with van der Waals surface area (Å²) in [6.45, 7) is 4.16. The molecule has 1 aromatic carbocycles. The molecule has 4 nitrogen and oxygen atoms in total. The molecule has 0 aliphatic heterocycles. The number of amides is 1. The number of benzene rings is 1. The zero-order valence-corrected chi connectivity index (χ0v) is 10.7. The summed E-state index contributed by atoms with van der Waals surface area (Å²) in [5.41, 5.74) is 12.4. The van der Waals surface area contributed by atoms with Crippen molar-refractivity contribution < 1.29 is 4.79 Å². The third-order valence-electron chi connectivity index (χ3n) is 2.91. The van der Waals surface area contributed by atoms with Crippen LogP contribution in [0.3, 0.4) is 0 Å². The fourth-order valence-electron chi connectivity index (χ4n) is 1.65. The quantitative estimate of drug-likeness (QED) is 0.796. The standard InChI is InChI=1S/C13H21N3O/c1-4-10-5-7-11(8-6-10)16(3)9-13(2,15)12(14)17/h5-8H,4,9,15H2,1-3H3,(H2,14,17). The highest BCUT2D eigenvalue weighted by molar-refractivity contribution is 5.84. The van der Waals surface area contributed by atoms with Crippen LogP contribution in [0.25, 0.3) is 0 Å². The van der Waals surface area contributed by atoms with Gasteiger partial charge in [-0.3, -0.25) is 4.79 Å². The summed E-state index contributed by atoms with van der Waals surface area (Å²) < 4.78 is 0. The van der Waals surface area contributed by atoms with Crippen molar-refractivity contribution in [3.63, 3.8) is 0 Å². The molecule has 1 unspecified atom stereocenters. The normalized spacial score (nSPS) is 14.1. The van der Waals surface area contributed by atoms with Crippen LogP contribution in [-0.2, 0) is 11.2 Å². The molecule has 17 heavy (non-hydrogen) atoms. The van der Waals surface area contributed by atoms with E-state index in [2.05, 4.69) is 19.1 Å². The van der Waals surface area contributed by atoms with Crippen molar-refractivity contribution in [1.82, 2.24) is 0 Å². The van der Waals surface area contributed by atoms with Gasteiger partial charge in [0.15, 0.2) is 0 Å². The number of hydrogen-bond acceptors (Lipinski definition) is 3.